The number of alkyl halides is 2. The average Bonchev–Trinajstić information content (AvgIpc) is 2.29. The van der Waals surface area contributed by atoms with Gasteiger partial charge in [0.05, 0.1) is 5.56 Å². The van der Waals surface area contributed by atoms with E-state index in [1.54, 1.807) is 0 Å². The molecule has 12 heavy (non-hydrogen) atoms. The first-order chi connectivity index (χ1) is 5.63. The van der Waals surface area contributed by atoms with Crippen LogP contribution in [0.1, 0.15) is 10.4 Å². The predicted octanol–water partition coefficient (Wildman–Crippen LogP) is 1.61. The SMILES string of the molecule is O=Cc1cn(CC(F)F)nc1Cl. The molecule has 0 unspecified atom stereocenters. The van der Waals surface area contributed by atoms with Crippen LogP contribution >= 0.6 is 11.6 Å². The van der Waals surface area contributed by atoms with Gasteiger partial charge < -0.3 is 0 Å². The molecule has 1 aromatic rings. The smallest absolute Gasteiger partial charge is 0.257 e. The predicted molar refractivity (Wildman–Crippen MR) is 38.6 cm³/mol. The molecule has 0 aliphatic rings. The summed E-state index contributed by atoms with van der Waals surface area (Å²) in [5, 5.41) is 3.44. The van der Waals surface area contributed by atoms with Crippen LogP contribution in [-0.2, 0) is 6.54 Å². The second kappa shape index (κ2) is 3.62. The maximum Gasteiger partial charge on any atom is 0.257 e. The number of aromatic nitrogens is 2. The van der Waals surface area contributed by atoms with Crippen molar-refractivity contribution in [1.29, 1.82) is 0 Å². The molecule has 66 valence electrons. The van der Waals surface area contributed by atoms with Gasteiger partial charge in [-0.3, -0.25) is 9.48 Å². The summed E-state index contributed by atoms with van der Waals surface area (Å²) < 4.78 is 24.5. The van der Waals surface area contributed by atoms with E-state index in [2.05, 4.69) is 5.10 Å². The summed E-state index contributed by atoms with van der Waals surface area (Å²) in [4.78, 5) is 10.2. The number of carbonyl (C=O) groups is 1. The van der Waals surface area contributed by atoms with Crippen molar-refractivity contribution in [3.05, 3.63) is 16.9 Å². The summed E-state index contributed by atoms with van der Waals surface area (Å²) in [6.45, 7) is -0.548. The van der Waals surface area contributed by atoms with Gasteiger partial charge in [0.15, 0.2) is 11.4 Å². The third kappa shape index (κ3) is 2.01. The maximum atomic E-state index is 11.8. The van der Waals surface area contributed by atoms with Crippen molar-refractivity contribution in [2.45, 2.75) is 13.0 Å². The Bertz CT molecular complexity index is 287. The molecule has 0 bridgehead atoms. The second-order valence-corrected chi connectivity index (χ2v) is 2.46. The third-order valence-corrected chi connectivity index (χ3v) is 1.49. The van der Waals surface area contributed by atoms with Gasteiger partial charge in [0, 0.05) is 6.20 Å². The Balaban J connectivity index is 2.82. The van der Waals surface area contributed by atoms with Crippen LogP contribution < -0.4 is 0 Å². The minimum Gasteiger partial charge on any atom is -0.298 e. The van der Waals surface area contributed by atoms with Crippen molar-refractivity contribution >= 4 is 17.9 Å². The van der Waals surface area contributed by atoms with Crippen molar-refractivity contribution in [2.24, 2.45) is 0 Å². The fraction of sp³-hybridized carbons (Fsp3) is 0.333. The molecule has 1 heterocycles. The first kappa shape index (κ1) is 9.12. The van der Waals surface area contributed by atoms with E-state index >= 15 is 0 Å². The summed E-state index contributed by atoms with van der Waals surface area (Å²) in [6.07, 6.45) is -0.848. The Morgan fingerprint density at radius 1 is 1.75 bits per heavy atom. The molecule has 0 amide bonds. The van der Waals surface area contributed by atoms with Crippen LogP contribution in [0.15, 0.2) is 6.20 Å². The summed E-state index contributed by atoms with van der Waals surface area (Å²) in [5.41, 5.74) is 0.123. The van der Waals surface area contributed by atoms with E-state index in [4.69, 9.17) is 11.6 Å². The first-order valence-electron chi connectivity index (χ1n) is 3.09. The lowest BCUT2D eigenvalue weighted by atomic mass is 10.4. The number of rotatable bonds is 3. The highest BCUT2D eigenvalue weighted by atomic mass is 35.5. The Morgan fingerprint density at radius 2 is 2.42 bits per heavy atom. The molecule has 0 atom stereocenters. The van der Waals surface area contributed by atoms with Crippen molar-refractivity contribution in [3.8, 4) is 0 Å². The van der Waals surface area contributed by atoms with Crippen molar-refractivity contribution in [2.75, 3.05) is 0 Å². The quantitative estimate of drug-likeness (QED) is 0.686. The van der Waals surface area contributed by atoms with E-state index in [1.165, 1.54) is 6.20 Å². The van der Waals surface area contributed by atoms with Crippen LogP contribution in [0.2, 0.25) is 5.15 Å². The number of hydrogen-bond acceptors (Lipinski definition) is 2. The van der Waals surface area contributed by atoms with Gasteiger partial charge in [-0.05, 0) is 0 Å². The lowest BCUT2D eigenvalue weighted by Crippen LogP contribution is -2.06. The van der Waals surface area contributed by atoms with E-state index in [1.807, 2.05) is 0 Å². The topological polar surface area (TPSA) is 34.9 Å². The standard InChI is InChI=1S/C6H5ClF2N2O/c7-6-4(3-12)1-11(10-6)2-5(8)9/h1,3,5H,2H2. The second-order valence-electron chi connectivity index (χ2n) is 2.11. The van der Waals surface area contributed by atoms with Crippen LogP contribution in [-0.4, -0.2) is 22.5 Å². The summed E-state index contributed by atoms with van der Waals surface area (Å²) in [7, 11) is 0. The molecule has 0 N–H and O–H groups in total. The number of nitrogens with zero attached hydrogens (tertiary/aromatic N) is 2. The normalized spacial score (nSPS) is 10.7. The lowest BCUT2D eigenvalue weighted by Gasteiger charge is -1.96. The van der Waals surface area contributed by atoms with Gasteiger partial charge in [0.1, 0.15) is 6.54 Å². The minimum atomic E-state index is -2.50. The third-order valence-electron chi connectivity index (χ3n) is 1.19. The highest BCUT2D eigenvalue weighted by Gasteiger charge is 2.09. The largest absolute Gasteiger partial charge is 0.298 e. The highest BCUT2D eigenvalue weighted by molar-refractivity contribution is 6.31. The van der Waals surface area contributed by atoms with E-state index < -0.39 is 13.0 Å². The van der Waals surface area contributed by atoms with Crippen LogP contribution in [0.5, 0.6) is 0 Å². The van der Waals surface area contributed by atoms with Gasteiger partial charge in [-0.15, -0.1) is 0 Å². The van der Waals surface area contributed by atoms with Gasteiger partial charge in [0.2, 0.25) is 0 Å². The molecule has 6 heteroatoms. The minimum absolute atomic E-state index is 0.0503. The zero-order valence-corrected chi connectivity index (χ0v) is 6.63. The van der Waals surface area contributed by atoms with E-state index in [0.29, 0.717) is 6.29 Å². The average molecular weight is 195 g/mol. The molecule has 0 aliphatic heterocycles. The molecule has 1 aromatic heterocycles. The molecule has 0 radical (unpaired) electrons. The fourth-order valence-corrected chi connectivity index (χ4v) is 0.918. The Morgan fingerprint density at radius 3 is 2.83 bits per heavy atom. The number of carbonyl (C=O) groups excluding carboxylic acids is 1. The van der Waals surface area contributed by atoms with E-state index in [-0.39, 0.29) is 10.7 Å². The van der Waals surface area contributed by atoms with Gasteiger partial charge in [-0.1, -0.05) is 11.6 Å². The van der Waals surface area contributed by atoms with Crippen LogP contribution in [0, 0.1) is 0 Å². The Kier molecular flexibility index (Phi) is 2.75. The summed E-state index contributed by atoms with van der Waals surface area (Å²) >= 11 is 5.42. The van der Waals surface area contributed by atoms with Crippen LogP contribution in [0.25, 0.3) is 0 Å². The van der Waals surface area contributed by atoms with Crippen LogP contribution in [0.4, 0.5) is 8.78 Å². The molecule has 0 spiro atoms. The summed E-state index contributed by atoms with van der Waals surface area (Å²) in [6, 6.07) is 0. The van der Waals surface area contributed by atoms with Gasteiger partial charge >= 0.3 is 0 Å². The van der Waals surface area contributed by atoms with Gasteiger partial charge in [0.25, 0.3) is 6.43 Å². The first-order valence-corrected chi connectivity index (χ1v) is 3.47. The maximum absolute atomic E-state index is 11.8. The van der Waals surface area contributed by atoms with E-state index in [9.17, 15) is 13.6 Å². The molecule has 3 nitrogen and oxygen atoms in total. The van der Waals surface area contributed by atoms with Gasteiger partial charge in [-0.2, -0.15) is 5.10 Å². The molecular weight excluding hydrogens is 190 g/mol. The molecule has 0 saturated heterocycles. The molecule has 1 rings (SSSR count). The molecule has 0 aromatic carbocycles. The van der Waals surface area contributed by atoms with Crippen molar-refractivity contribution < 1.29 is 13.6 Å². The molecule has 0 aliphatic carbocycles. The zero-order valence-electron chi connectivity index (χ0n) is 5.88. The zero-order chi connectivity index (χ0) is 9.14. The summed E-state index contributed by atoms with van der Waals surface area (Å²) in [5.74, 6) is 0. The van der Waals surface area contributed by atoms with Crippen molar-refractivity contribution in [1.82, 2.24) is 9.78 Å². The lowest BCUT2D eigenvalue weighted by molar-refractivity contribution is 0.111. The molecule has 0 saturated carbocycles. The molecular formula is C6H5ClF2N2O. The Labute approximate surface area is 71.9 Å². The fourth-order valence-electron chi connectivity index (χ4n) is 0.727. The number of aldehydes is 1. The van der Waals surface area contributed by atoms with E-state index in [0.717, 1.165) is 4.68 Å². The number of hydrogen-bond donors (Lipinski definition) is 0. The Hall–Kier alpha value is -0.970. The van der Waals surface area contributed by atoms with Crippen molar-refractivity contribution in [3.63, 3.8) is 0 Å². The van der Waals surface area contributed by atoms with Crippen LogP contribution in [0.3, 0.4) is 0 Å². The highest BCUT2D eigenvalue weighted by Crippen LogP contribution is 2.11. The monoisotopic (exact) mass is 194 g/mol. The molecule has 0 fully saturated rings. The van der Waals surface area contributed by atoms with Gasteiger partial charge in [-0.25, -0.2) is 8.78 Å². The number of halogens is 3.